The average Bonchev–Trinajstić information content (AvgIpc) is 2.70. The lowest BCUT2D eigenvalue weighted by Crippen LogP contribution is -2.10. The summed E-state index contributed by atoms with van der Waals surface area (Å²) in [6, 6.07) is 25.3. The van der Waals surface area contributed by atoms with Crippen molar-refractivity contribution in [3.05, 3.63) is 109 Å². The molecular formula is C21H17O5P. The van der Waals surface area contributed by atoms with Crippen LogP contribution >= 0.6 is 7.60 Å². The molecule has 3 rings (SSSR count). The van der Waals surface area contributed by atoms with Crippen LogP contribution in [-0.2, 0) is 9.30 Å². The molecule has 0 unspecified atom stereocenters. The molecule has 0 saturated heterocycles. The largest absolute Gasteiger partial charge is 0.497 e. The predicted octanol–water partition coefficient (Wildman–Crippen LogP) is 5.67. The number of hydrogen-bond acceptors (Lipinski definition) is 5. The molecule has 0 aliphatic carbocycles. The second-order valence-corrected chi connectivity index (χ2v) is 7.31. The van der Waals surface area contributed by atoms with E-state index in [1.807, 2.05) is 0 Å². The van der Waals surface area contributed by atoms with Crippen LogP contribution in [0.5, 0.6) is 11.5 Å². The first-order chi connectivity index (χ1) is 13.1. The van der Waals surface area contributed by atoms with Crippen LogP contribution in [0.1, 0.15) is 10.4 Å². The molecule has 0 atom stereocenters. The molecule has 0 heterocycles. The first-order valence-electron chi connectivity index (χ1n) is 8.13. The fourth-order valence-electron chi connectivity index (χ4n) is 2.16. The number of carbonyl (C=O) groups is 1. The van der Waals surface area contributed by atoms with Crippen LogP contribution in [0.2, 0.25) is 0 Å². The van der Waals surface area contributed by atoms with Gasteiger partial charge in [-0.05, 0) is 43.0 Å². The smallest absolute Gasteiger partial charge is 0.412 e. The van der Waals surface area contributed by atoms with Crippen LogP contribution in [0.15, 0.2) is 103 Å². The second kappa shape index (κ2) is 8.39. The molecule has 0 fully saturated rings. The van der Waals surface area contributed by atoms with E-state index in [0.717, 1.165) is 0 Å². The number of para-hydroxylation sites is 2. The highest BCUT2D eigenvalue weighted by Crippen LogP contribution is 2.55. The fraction of sp³-hybridized carbons (Fsp3) is 0. The summed E-state index contributed by atoms with van der Waals surface area (Å²) in [5.74, 6) is -0.100. The molecular weight excluding hydrogens is 363 g/mol. The van der Waals surface area contributed by atoms with E-state index in [1.165, 1.54) is 0 Å². The van der Waals surface area contributed by atoms with E-state index in [2.05, 4.69) is 6.58 Å². The molecule has 27 heavy (non-hydrogen) atoms. The normalized spacial score (nSPS) is 10.7. The van der Waals surface area contributed by atoms with Gasteiger partial charge in [-0.15, -0.1) is 0 Å². The molecule has 3 aromatic carbocycles. The summed E-state index contributed by atoms with van der Waals surface area (Å²) < 4.78 is 29.7. The van der Waals surface area contributed by atoms with E-state index < -0.39 is 19.1 Å². The predicted molar refractivity (Wildman–Crippen MR) is 103 cm³/mol. The van der Waals surface area contributed by atoms with E-state index in [1.54, 1.807) is 91.0 Å². The SMILES string of the molecule is C=C(OC(=O)c1ccccc1)P(=O)(Oc1ccccc1)Oc1ccccc1. The van der Waals surface area contributed by atoms with Crippen molar-refractivity contribution in [3.8, 4) is 11.5 Å². The first kappa shape index (κ1) is 18.5. The minimum absolute atomic E-state index is 0.296. The molecule has 0 radical (unpaired) electrons. The van der Waals surface area contributed by atoms with E-state index in [-0.39, 0.29) is 0 Å². The molecule has 0 aromatic heterocycles. The standard InChI is InChI=1S/C21H17O5P/c1-17(24-21(22)18-11-5-2-6-12-18)27(23,25-19-13-7-3-8-14-19)26-20-15-9-4-10-16-20/h2-16H,1H2. The van der Waals surface area contributed by atoms with Gasteiger partial charge in [-0.3, -0.25) is 0 Å². The van der Waals surface area contributed by atoms with Crippen molar-refractivity contribution in [2.24, 2.45) is 0 Å². The van der Waals surface area contributed by atoms with Crippen molar-refractivity contribution in [2.75, 3.05) is 0 Å². The molecule has 0 N–H and O–H groups in total. The number of carbonyl (C=O) groups excluding carboxylic acids is 1. The summed E-state index contributed by atoms with van der Waals surface area (Å²) in [7, 11) is -4.07. The maximum absolute atomic E-state index is 13.4. The Morgan fingerprint density at radius 1 is 0.704 bits per heavy atom. The number of hydrogen-bond donors (Lipinski definition) is 0. The number of benzene rings is 3. The summed E-state index contributed by atoms with van der Waals surface area (Å²) in [4.78, 5) is 12.3. The Labute approximate surface area is 157 Å². The van der Waals surface area contributed by atoms with Gasteiger partial charge in [0.15, 0.2) is 0 Å². The minimum Gasteiger partial charge on any atom is -0.412 e. The van der Waals surface area contributed by atoms with Crippen LogP contribution in [0.3, 0.4) is 0 Å². The van der Waals surface area contributed by atoms with E-state index >= 15 is 0 Å². The summed E-state index contributed by atoms with van der Waals surface area (Å²) in [5.41, 5.74) is -0.103. The van der Waals surface area contributed by atoms with Gasteiger partial charge in [0.2, 0.25) is 5.50 Å². The van der Waals surface area contributed by atoms with Crippen LogP contribution < -0.4 is 9.05 Å². The van der Waals surface area contributed by atoms with Crippen molar-refractivity contribution < 1.29 is 23.1 Å². The van der Waals surface area contributed by atoms with Crippen molar-refractivity contribution in [1.29, 1.82) is 0 Å². The van der Waals surface area contributed by atoms with Crippen molar-refractivity contribution in [1.82, 2.24) is 0 Å². The van der Waals surface area contributed by atoms with Crippen molar-refractivity contribution >= 4 is 13.6 Å². The third-order valence-corrected chi connectivity index (χ3v) is 5.07. The molecule has 0 aliphatic heterocycles. The highest BCUT2D eigenvalue weighted by molar-refractivity contribution is 7.59. The Bertz CT molecular complexity index is 910. The molecule has 0 spiro atoms. The van der Waals surface area contributed by atoms with E-state index in [9.17, 15) is 9.36 Å². The summed E-state index contributed by atoms with van der Waals surface area (Å²) in [5, 5.41) is 0. The van der Waals surface area contributed by atoms with Crippen LogP contribution in [0.25, 0.3) is 0 Å². The molecule has 3 aromatic rings. The molecule has 5 nitrogen and oxygen atoms in total. The van der Waals surface area contributed by atoms with Crippen LogP contribution in [0, 0.1) is 0 Å². The average molecular weight is 380 g/mol. The van der Waals surface area contributed by atoms with Gasteiger partial charge < -0.3 is 13.8 Å². The molecule has 0 saturated carbocycles. The zero-order valence-electron chi connectivity index (χ0n) is 14.4. The lowest BCUT2D eigenvalue weighted by Gasteiger charge is -2.21. The first-order valence-corrected chi connectivity index (χ1v) is 9.67. The lowest BCUT2D eigenvalue weighted by molar-refractivity contribution is 0.0639. The van der Waals surface area contributed by atoms with Gasteiger partial charge >= 0.3 is 13.6 Å². The van der Waals surface area contributed by atoms with Crippen molar-refractivity contribution in [2.45, 2.75) is 0 Å². The van der Waals surface area contributed by atoms with Gasteiger partial charge in [0.25, 0.3) is 0 Å². The second-order valence-electron chi connectivity index (χ2n) is 5.46. The fourth-order valence-corrected chi connectivity index (χ4v) is 3.39. The topological polar surface area (TPSA) is 61.8 Å². The number of rotatable bonds is 7. The van der Waals surface area contributed by atoms with Gasteiger partial charge in [-0.1, -0.05) is 54.6 Å². The monoisotopic (exact) mass is 380 g/mol. The third kappa shape index (κ3) is 4.87. The Kier molecular flexibility index (Phi) is 5.74. The van der Waals surface area contributed by atoms with Crippen LogP contribution in [-0.4, -0.2) is 5.97 Å². The minimum atomic E-state index is -4.07. The van der Waals surface area contributed by atoms with Gasteiger partial charge in [-0.2, -0.15) is 0 Å². The van der Waals surface area contributed by atoms with Gasteiger partial charge in [-0.25, -0.2) is 9.36 Å². The third-order valence-electron chi connectivity index (χ3n) is 3.46. The number of esters is 1. The molecule has 136 valence electrons. The zero-order valence-corrected chi connectivity index (χ0v) is 15.3. The van der Waals surface area contributed by atoms with Crippen LogP contribution in [0.4, 0.5) is 0 Å². The zero-order chi connectivity index (χ0) is 19.1. The highest BCUT2D eigenvalue weighted by atomic mass is 31.2. The molecule has 0 aliphatic rings. The Hall–Kier alpha value is -3.30. The highest BCUT2D eigenvalue weighted by Gasteiger charge is 2.36. The lowest BCUT2D eigenvalue weighted by atomic mass is 10.2. The van der Waals surface area contributed by atoms with Gasteiger partial charge in [0.1, 0.15) is 11.5 Å². The quantitative estimate of drug-likeness (QED) is 0.300. The summed E-state index contributed by atoms with van der Waals surface area (Å²) in [6.07, 6.45) is 0. The Morgan fingerprint density at radius 2 is 1.11 bits per heavy atom. The number of ether oxygens (including phenoxy) is 1. The maximum atomic E-state index is 13.4. The van der Waals surface area contributed by atoms with Crippen molar-refractivity contribution in [3.63, 3.8) is 0 Å². The van der Waals surface area contributed by atoms with Gasteiger partial charge in [0, 0.05) is 0 Å². The Morgan fingerprint density at radius 3 is 1.56 bits per heavy atom. The molecule has 0 amide bonds. The molecule has 0 bridgehead atoms. The maximum Gasteiger partial charge on any atom is 0.497 e. The van der Waals surface area contributed by atoms with Gasteiger partial charge in [0.05, 0.1) is 5.56 Å². The summed E-state index contributed by atoms with van der Waals surface area (Å²) >= 11 is 0. The van der Waals surface area contributed by atoms with E-state index in [0.29, 0.717) is 17.1 Å². The Balaban J connectivity index is 1.85. The van der Waals surface area contributed by atoms with E-state index in [4.69, 9.17) is 13.8 Å². The molecule has 6 heteroatoms. The summed E-state index contributed by atoms with van der Waals surface area (Å²) in [6.45, 7) is 3.63.